The van der Waals surface area contributed by atoms with Gasteiger partial charge in [-0.05, 0) is 24.3 Å². The van der Waals surface area contributed by atoms with Gasteiger partial charge in [0.05, 0.1) is 10.6 Å². The first-order chi connectivity index (χ1) is 15.8. The molecule has 0 aliphatic rings. The number of nitro groups is 1. The van der Waals surface area contributed by atoms with E-state index in [1.54, 1.807) is 30.3 Å². The molecule has 0 amide bonds. The molecule has 11 heteroatoms. The number of nitro benzene ring substituents is 1. The Morgan fingerprint density at radius 3 is 2.36 bits per heavy atom. The van der Waals surface area contributed by atoms with Gasteiger partial charge in [-0.3, -0.25) is 19.3 Å². The highest BCUT2D eigenvalue weighted by Gasteiger charge is 2.19. The SMILES string of the molecule is O=C(c1ccccc1)c1ccc2nc(N=C(F)OC(F)F)c(-c3ccc([N+](=O)[O-])cc3)n2c1. The van der Waals surface area contributed by atoms with Crippen LogP contribution in [0.4, 0.5) is 24.7 Å². The maximum absolute atomic E-state index is 13.8. The van der Waals surface area contributed by atoms with E-state index in [1.807, 2.05) is 0 Å². The van der Waals surface area contributed by atoms with Crippen LogP contribution in [0.2, 0.25) is 0 Å². The van der Waals surface area contributed by atoms with Crippen LogP contribution in [0.1, 0.15) is 15.9 Å². The monoisotopic (exact) mass is 454 g/mol. The average Bonchev–Trinajstić information content (AvgIpc) is 3.15. The molecular formula is C22H13F3N4O4. The quantitative estimate of drug-likeness (QED) is 0.129. The molecule has 2 aromatic carbocycles. The fraction of sp³-hybridized carbons (Fsp3) is 0.0455. The molecule has 0 saturated carbocycles. The summed E-state index contributed by atoms with van der Waals surface area (Å²) in [5, 5.41) is 11.0. The first kappa shape index (κ1) is 21.7. The highest BCUT2D eigenvalue weighted by Crippen LogP contribution is 2.33. The van der Waals surface area contributed by atoms with Gasteiger partial charge in [0, 0.05) is 35.0 Å². The van der Waals surface area contributed by atoms with Crippen molar-refractivity contribution in [3.8, 4) is 11.3 Å². The normalized spacial score (nSPS) is 11.7. The van der Waals surface area contributed by atoms with E-state index in [9.17, 15) is 28.1 Å². The number of imidazole rings is 1. The maximum Gasteiger partial charge on any atom is 0.390 e. The second-order valence-corrected chi connectivity index (χ2v) is 6.67. The van der Waals surface area contributed by atoms with Crippen molar-refractivity contribution in [2.45, 2.75) is 6.61 Å². The molecular weight excluding hydrogens is 441 g/mol. The number of halogens is 3. The summed E-state index contributed by atoms with van der Waals surface area (Å²) >= 11 is 0. The van der Waals surface area contributed by atoms with E-state index in [2.05, 4.69) is 14.7 Å². The summed E-state index contributed by atoms with van der Waals surface area (Å²) in [5.41, 5.74) is 1.19. The van der Waals surface area contributed by atoms with Crippen LogP contribution in [0.25, 0.3) is 16.9 Å². The lowest BCUT2D eigenvalue weighted by atomic mass is 10.1. The third-order valence-electron chi connectivity index (χ3n) is 4.63. The number of pyridine rings is 1. The van der Waals surface area contributed by atoms with Gasteiger partial charge < -0.3 is 4.74 Å². The molecule has 0 aliphatic carbocycles. The van der Waals surface area contributed by atoms with E-state index < -0.39 is 17.7 Å². The Balaban J connectivity index is 1.88. The van der Waals surface area contributed by atoms with Crippen LogP contribution in [-0.2, 0) is 4.74 Å². The Hall–Kier alpha value is -4.54. The third kappa shape index (κ3) is 4.56. The molecule has 0 bridgehead atoms. The summed E-state index contributed by atoms with van der Waals surface area (Å²) in [6.07, 6.45) is -0.364. The van der Waals surface area contributed by atoms with Crippen molar-refractivity contribution in [1.29, 1.82) is 0 Å². The number of hydrogen-bond acceptors (Lipinski definition) is 6. The Morgan fingerprint density at radius 1 is 1.03 bits per heavy atom. The van der Waals surface area contributed by atoms with Gasteiger partial charge in [-0.2, -0.15) is 13.8 Å². The van der Waals surface area contributed by atoms with Crippen molar-refractivity contribution in [2.24, 2.45) is 4.99 Å². The van der Waals surface area contributed by atoms with Crippen LogP contribution in [0.15, 0.2) is 77.9 Å². The minimum Gasteiger partial charge on any atom is -0.393 e. The van der Waals surface area contributed by atoms with Crippen molar-refractivity contribution in [1.82, 2.24) is 9.38 Å². The van der Waals surface area contributed by atoms with Crippen molar-refractivity contribution in [3.05, 3.63) is 94.2 Å². The van der Waals surface area contributed by atoms with Gasteiger partial charge >= 0.3 is 12.8 Å². The molecule has 0 fully saturated rings. The number of ether oxygens (including phenoxy) is 1. The van der Waals surface area contributed by atoms with Crippen molar-refractivity contribution >= 4 is 29.1 Å². The Morgan fingerprint density at radius 2 is 1.73 bits per heavy atom. The highest BCUT2D eigenvalue weighted by atomic mass is 19.3. The molecule has 33 heavy (non-hydrogen) atoms. The van der Waals surface area contributed by atoms with Gasteiger partial charge in [-0.1, -0.05) is 30.3 Å². The standard InChI is InChI=1S/C22H13F3N4O4/c23-21(24)33-22(25)27-20-18(13-6-9-16(10-7-13)29(31)32)28-12-15(8-11-17(28)26-20)19(30)14-4-2-1-3-5-14/h1-12,21H. The molecule has 4 aromatic rings. The average molecular weight is 454 g/mol. The van der Waals surface area contributed by atoms with Crippen LogP contribution in [0.5, 0.6) is 0 Å². The number of fused-ring (bicyclic) bond motifs is 1. The van der Waals surface area contributed by atoms with Gasteiger partial charge in [0.15, 0.2) is 11.6 Å². The summed E-state index contributed by atoms with van der Waals surface area (Å²) in [5.74, 6) is -0.607. The molecule has 0 aliphatic heterocycles. The molecule has 2 heterocycles. The zero-order chi connectivity index (χ0) is 23.5. The van der Waals surface area contributed by atoms with Crippen molar-refractivity contribution in [3.63, 3.8) is 0 Å². The van der Waals surface area contributed by atoms with Crippen LogP contribution >= 0.6 is 0 Å². The number of aromatic nitrogens is 2. The number of rotatable bonds is 6. The zero-order valence-corrected chi connectivity index (χ0v) is 16.6. The Labute approximate surface area is 183 Å². The van der Waals surface area contributed by atoms with Gasteiger partial charge in [0.2, 0.25) is 0 Å². The van der Waals surface area contributed by atoms with E-state index in [1.165, 1.54) is 47.0 Å². The Kier molecular flexibility index (Phi) is 5.85. The van der Waals surface area contributed by atoms with Crippen LogP contribution in [0.3, 0.4) is 0 Å². The van der Waals surface area contributed by atoms with E-state index in [0.717, 1.165) is 0 Å². The first-order valence-corrected chi connectivity index (χ1v) is 9.39. The number of non-ortho nitro benzene ring substituents is 1. The molecule has 0 N–H and O–H groups in total. The van der Waals surface area contributed by atoms with E-state index in [-0.39, 0.29) is 34.2 Å². The minimum atomic E-state index is -3.43. The van der Waals surface area contributed by atoms with Gasteiger partial charge in [-0.15, -0.1) is 4.39 Å². The van der Waals surface area contributed by atoms with Crippen molar-refractivity contribution in [2.75, 3.05) is 0 Å². The summed E-state index contributed by atoms with van der Waals surface area (Å²) < 4.78 is 43.6. The van der Waals surface area contributed by atoms with E-state index >= 15 is 0 Å². The molecule has 0 saturated heterocycles. The smallest absolute Gasteiger partial charge is 0.390 e. The summed E-state index contributed by atoms with van der Waals surface area (Å²) in [6.45, 7) is -3.43. The minimum absolute atomic E-state index is 0.121. The van der Waals surface area contributed by atoms with Crippen molar-refractivity contribution < 1.29 is 27.6 Å². The van der Waals surface area contributed by atoms with Crippen LogP contribution in [-0.4, -0.2) is 32.9 Å². The fourth-order valence-electron chi connectivity index (χ4n) is 3.19. The fourth-order valence-corrected chi connectivity index (χ4v) is 3.19. The molecule has 166 valence electrons. The summed E-state index contributed by atoms with van der Waals surface area (Å²) in [7, 11) is 0. The van der Waals surface area contributed by atoms with Gasteiger partial charge in [0.1, 0.15) is 5.65 Å². The second kappa shape index (κ2) is 8.91. The highest BCUT2D eigenvalue weighted by molar-refractivity contribution is 6.09. The number of ketones is 1. The molecule has 4 rings (SSSR count). The number of alkyl halides is 2. The molecule has 2 aromatic heterocycles. The second-order valence-electron chi connectivity index (χ2n) is 6.67. The molecule has 0 atom stereocenters. The van der Waals surface area contributed by atoms with E-state index in [0.29, 0.717) is 11.1 Å². The van der Waals surface area contributed by atoms with E-state index in [4.69, 9.17) is 0 Å². The summed E-state index contributed by atoms with van der Waals surface area (Å²) in [4.78, 5) is 30.8. The molecule has 0 unspecified atom stereocenters. The third-order valence-corrected chi connectivity index (χ3v) is 4.63. The number of hydrogen-bond donors (Lipinski definition) is 0. The van der Waals surface area contributed by atoms with Crippen LogP contribution in [0, 0.1) is 10.1 Å². The lowest BCUT2D eigenvalue weighted by molar-refractivity contribution is -0.384. The predicted octanol–water partition coefficient (Wildman–Crippen LogP) is 5.34. The topological polar surface area (TPSA) is 99.1 Å². The van der Waals surface area contributed by atoms with Gasteiger partial charge in [-0.25, -0.2) is 4.98 Å². The predicted molar refractivity (Wildman–Crippen MR) is 112 cm³/mol. The van der Waals surface area contributed by atoms with Crippen LogP contribution < -0.4 is 0 Å². The lowest BCUT2D eigenvalue weighted by Crippen LogP contribution is -2.04. The number of aliphatic imine (C=N–C) groups is 1. The number of nitrogens with zero attached hydrogens (tertiary/aromatic N) is 4. The molecule has 8 nitrogen and oxygen atoms in total. The lowest BCUT2D eigenvalue weighted by Gasteiger charge is -2.06. The number of carbonyl (C=O) groups is 1. The van der Waals surface area contributed by atoms with Gasteiger partial charge in [0.25, 0.3) is 5.69 Å². The number of carbonyl (C=O) groups excluding carboxylic acids is 1. The molecule has 0 radical (unpaired) electrons. The Bertz CT molecular complexity index is 1370. The summed E-state index contributed by atoms with van der Waals surface area (Å²) in [6, 6.07) is 16.6. The maximum atomic E-state index is 13.8. The zero-order valence-electron chi connectivity index (χ0n) is 16.6. The largest absolute Gasteiger partial charge is 0.393 e. The molecule has 0 spiro atoms. The number of benzene rings is 2. The first-order valence-electron chi connectivity index (χ1n) is 9.39.